The number of aliphatic hydroxyl groups excluding tert-OH is 2. The van der Waals surface area contributed by atoms with Crippen LogP contribution in [0.25, 0.3) is 5.70 Å². The largest absolute Gasteiger partial charge is 0.380 e. The first-order valence-corrected chi connectivity index (χ1v) is 12.2. The van der Waals surface area contributed by atoms with Crippen LogP contribution in [0.4, 0.5) is 0 Å². The average molecular weight is 488 g/mol. The molecule has 9 heteroatoms. The van der Waals surface area contributed by atoms with Gasteiger partial charge in [-0.2, -0.15) is 0 Å². The lowest BCUT2D eigenvalue weighted by atomic mass is 10.0. The van der Waals surface area contributed by atoms with Crippen molar-refractivity contribution in [1.29, 1.82) is 0 Å². The van der Waals surface area contributed by atoms with E-state index in [0.717, 1.165) is 41.1 Å². The van der Waals surface area contributed by atoms with Crippen LogP contribution in [0, 0.1) is 0 Å². The SMILES string of the molecule is O=C(NCc1ccc(C2=CSCN2)cc1)[C@H](O)[C@@H](O)C(=O)N1CCC[C@H]1c1cccc(Cl)c1. The predicted octanol–water partition coefficient (Wildman–Crippen LogP) is 2.63. The number of halogens is 1. The summed E-state index contributed by atoms with van der Waals surface area (Å²) in [6.07, 6.45) is -2.21. The Kier molecular flexibility index (Phi) is 7.60. The molecule has 2 aromatic rings. The molecule has 0 spiro atoms. The highest BCUT2D eigenvalue weighted by molar-refractivity contribution is 8.02. The predicted molar refractivity (Wildman–Crippen MR) is 129 cm³/mol. The molecule has 33 heavy (non-hydrogen) atoms. The lowest BCUT2D eigenvalue weighted by Crippen LogP contribution is -2.50. The third-order valence-corrected chi connectivity index (χ3v) is 6.82. The number of benzene rings is 2. The number of likely N-dealkylation sites (tertiary alicyclic amines) is 1. The van der Waals surface area contributed by atoms with Gasteiger partial charge < -0.3 is 25.7 Å². The maximum atomic E-state index is 12.9. The Hall–Kier alpha value is -2.52. The highest BCUT2D eigenvalue weighted by Gasteiger charge is 2.38. The van der Waals surface area contributed by atoms with Gasteiger partial charge in [0.2, 0.25) is 0 Å². The smallest absolute Gasteiger partial charge is 0.255 e. The van der Waals surface area contributed by atoms with Gasteiger partial charge in [0.05, 0.1) is 11.9 Å². The van der Waals surface area contributed by atoms with Gasteiger partial charge in [0.25, 0.3) is 11.8 Å². The number of hydrogen-bond donors (Lipinski definition) is 4. The van der Waals surface area contributed by atoms with Gasteiger partial charge in [-0.25, -0.2) is 0 Å². The van der Waals surface area contributed by atoms with E-state index in [1.54, 1.807) is 23.9 Å². The topological polar surface area (TPSA) is 102 Å². The Balaban J connectivity index is 1.33. The second kappa shape index (κ2) is 10.6. The molecule has 3 atom stereocenters. The van der Waals surface area contributed by atoms with Crippen molar-refractivity contribution < 1.29 is 19.8 Å². The molecule has 2 amide bonds. The fraction of sp³-hybridized carbons (Fsp3) is 0.333. The Morgan fingerprint density at radius 1 is 1.18 bits per heavy atom. The molecule has 0 unspecified atom stereocenters. The molecule has 7 nitrogen and oxygen atoms in total. The normalized spacial score (nSPS) is 19.5. The highest BCUT2D eigenvalue weighted by Crippen LogP contribution is 2.33. The van der Waals surface area contributed by atoms with Crippen LogP contribution in [0.5, 0.6) is 0 Å². The summed E-state index contributed by atoms with van der Waals surface area (Å²) in [6.45, 7) is 0.616. The lowest BCUT2D eigenvalue weighted by molar-refractivity contribution is -0.153. The summed E-state index contributed by atoms with van der Waals surface area (Å²) in [5.41, 5.74) is 3.82. The molecule has 1 saturated heterocycles. The number of nitrogens with one attached hydrogen (secondary N) is 2. The third kappa shape index (κ3) is 5.52. The monoisotopic (exact) mass is 487 g/mol. The summed E-state index contributed by atoms with van der Waals surface area (Å²) in [6, 6.07) is 14.6. The van der Waals surface area contributed by atoms with Crippen molar-refractivity contribution >= 4 is 40.9 Å². The van der Waals surface area contributed by atoms with Gasteiger partial charge in [0.15, 0.2) is 12.2 Å². The average Bonchev–Trinajstić information content (AvgIpc) is 3.54. The van der Waals surface area contributed by atoms with Crippen molar-refractivity contribution in [3.05, 3.63) is 75.7 Å². The van der Waals surface area contributed by atoms with Crippen molar-refractivity contribution in [3.8, 4) is 0 Å². The Bertz CT molecular complexity index is 1050. The number of amides is 2. The zero-order chi connectivity index (χ0) is 23.4. The quantitative estimate of drug-likeness (QED) is 0.479. The molecular weight excluding hydrogens is 462 g/mol. The third-order valence-electron chi connectivity index (χ3n) is 5.87. The molecule has 2 aliphatic heterocycles. The van der Waals surface area contributed by atoms with Gasteiger partial charge in [-0.15, -0.1) is 11.8 Å². The first-order valence-electron chi connectivity index (χ1n) is 10.8. The summed E-state index contributed by atoms with van der Waals surface area (Å²) in [4.78, 5) is 26.8. The molecule has 0 aromatic heterocycles. The number of hydrogen-bond acceptors (Lipinski definition) is 6. The standard InChI is InChI=1S/C24H26ClN3O4S/c25-18-4-1-3-17(11-18)20-5-2-10-28(20)24(32)22(30)21(29)23(31)26-12-15-6-8-16(9-7-15)19-13-33-14-27-19/h1,3-4,6-9,11,13,20-22,27,29-30H,2,5,10,12,14H2,(H,26,31)/t20-,21+,22+/m0/s1. The summed E-state index contributed by atoms with van der Waals surface area (Å²) in [5.74, 6) is -0.613. The van der Waals surface area contributed by atoms with Crippen LogP contribution < -0.4 is 10.6 Å². The minimum atomic E-state index is -1.86. The van der Waals surface area contributed by atoms with Gasteiger partial charge in [-0.1, -0.05) is 48.0 Å². The first kappa shape index (κ1) is 23.6. The lowest BCUT2D eigenvalue weighted by Gasteiger charge is -2.28. The van der Waals surface area contributed by atoms with E-state index in [9.17, 15) is 19.8 Å². The number of aliphatic hydroxyl groups is 2. The molecule has 0 saturated carbocycles. The minimum Gasteiger partial charge on any atom is -0.380 e. The number of nitrogens with zero attached hydrogens (tertiary/aromatic N) is 1. The first-order chi connectivity index (χ1) is 15.9. The van der Waals surface area contributed by atoms with E-state index in [-0.39, 0.29) is 12.6 Å². The second-order valence-electron chi connectivity index (χ2n) is 8.07. The molecule has 0 radical (unpaired) electrons. The van der Waals surface area contributed by atoms with Crippen molar-refractivity contribution in [2.24, 2.45) is 0 Å². The fourth-order valence-corrected chi connectivity index (χ4v) is 5.00. The molecule has 0 aliphatic carbocycles. The van der Waals surface area contributed by atoms with E-state index < -0.39 is 24.0 Å². The molecule has 1 fully saturated rings. The van der Waals surface area contributed by atoms with Crippen LogP contribution in [0.1, 0.15) is 35.6 Å². The van der Waals surface area contributed by atoms with Crippen LogP contribution in [0.15, 0.2) is 53.9 Å². The maximum Gasteiger partial charge on any atom is 0.255 e. The van der Waals surface area contributed by atoms with Gasteiger partial charge in [-0.3, -0.25) is 9.59 Å². The van der Waals surface area contributed by atoms with Crippen LogP contribution in [0.3, 0.4) is 0 Å². The molecular formula is C24H26ClN3O4S. The number of carbonyl (C=O) groups excluding carboxylic acids is 2. The Labute approximate surface area is 201 Å². The molecule has 4 rings (SSSR count). The van der Waals surface area contributed by atoms with Crippen LogP contribution >= 0.6 is 23.4 Å². The van der Waals surface area contributed by atoms with Gasteiger partial charge in [0, 0.05) is 23.8 Å². The maximum absolute atomic E-state index is 12.9. The van der Waals surface area contributed by atoms with Crippen molar-refractivity contribution in [1.82, 2.24) is 15.5 Å². The zero-order valence-corrected chi connectivity index (χ0v) is 19.5. The Morgan fingerprint density at radius 3 is 2.67 bits per heavy atom. The van der Waals surface area contributed by atoms with Gasteiger partial charge in [-0.05, 0) is 47.1 Å². The van der Waals surface area contributed by atoms with E-state index in [2.05, 4.69) is 16.0 Å². The van der Waals surface area contributed by atoms with Crippen LogP contribution in [-0.4, -0.2) is 51.6 Å². The molecule has 4 N–H and O–H groups in total. The Morgan fingerprint density at radius 2 is 1.97 bits per heavy atom. The van der Waals surface area contributed by atoms with Crippen molar-refractivity contribution in [2.45, 2.75) is 37.6 Å². The van der Waals surface area contributed by atoms with Gasteiger partial charge in [0.1, 0.15) is 0 Å². The van der Waals surface area contributed by atoms with Crippen molar-refractivity contribution in [3.63, 3.8) is 0 Å². The summed E-state index contributed by atoms with van der Waals surface area (Å²) >= 11 is 7.77. The molecule has 2 aromatic carbocycles. The molecule has 0 bridgehead atoms. The van der Waals surface area contributed by atoms with E-state index in [0.29, 0.717) is 11.6 Å². The van der Waals surface area contributed by atoms with E-state index in [4.69, 9.17) is 11.6 Å². The summed E-state index contributed by atoms with van der Waals surface area (Å²) in [7, 11) is 0. The van der Waals surface area contributed by atoms with Gasteiger partial charge >= 0.3 is 0 Å². The zero-order valence-electron chi connectivity index (χ0n) is 17.9. The molecule has 174 valence electrons. The van der Waals surface area contributed by atoms with E-state index >= 15 is 0 Å². The van der Waals surface area contributed by atoms with E-state index in [1.165, 1.54) is 4.90 Å². The fourth-order valence-electron chi connectivity index (χ4n) is 4.09. The summed E-state index contributed by atoms with van der Waals surface area (Å²) in [5, 5.41) is 29.3. The molecule has 2 heterocycles. The highest BCUT2D eigenvalue weighted by atomic mass is 35.5. The number of thioether (sulfide) groups is 1. The molecule has 2 aliphatic rings. The summed E-state index contributed by atoms with van der Waals surface area (Å²) < 4.78 is 0. The van der Waals surface area contributed by atoms with E-state index in [1.807, 2.05) is 36.4 Å². The van der Waals surface area contributed by atoms with Crippen molar-refractivity contribution in [2.75, 3.05) is 12.4 Å². The number of carbonyl (C=O) groups is 2. The van der Waals surface area contributed by atoms with Crippen LogP contribution in [-0.2, 0) is 16.1 Å². The van der Waals surface area contributed by atoms with Crippen LogP contribution in [0.2, 0.25) is 5.02 Å². The minimum absolute atomic E-state index is 0.174. The second-order valence-corrected chi connectivity index (χ2v) is 9.36. The number of rotatable bonds is 7.